The van der Waals surface area contributed by atoms with Gasteiger partial charge in [-0.25, -0.2) is 4.39 Å². The molecule has 0 saturated carbocycles. The van der Waals surface area contributed by atoms with Crippen LogP contribution in [0, 0.1) is 5.82 Å². The lowest BCUT2D eigenvalue weighted by atomic mass is 10.1. The number of rotatable bonds is 6. The predicted octanol–water partition coefficient (Wildman–Crippen LogP) is 2.36. The number of benzene rings is 1. The molecule has 1 atom stereocenters. The molecule has 0 aliphatic carbocycles. The summed E-state index contributed by atoms with van der Waals surface area (Å²) in [4.78, 5) is 0. The number of hydrogen-bond acceptors (Lipinski definition) is 3. The van der Waals surface area contributed by atoms with Gasteiger partial charge in [0, 0.05) is 17.8 Å². The highest BCUT2D eigenvalue weighted by atomic mass is 19.1. The molecule has 0 aliphatic heterocycles. The van der Waals surface area contributed by atoms with E-state index in [1.54, 1.807) is 29.1 Å². The molecule has 0 aliphatic rings. The minimum atomic E-state index is -0.336. The Morgan fingerprint density at radius 1 is 1.45 bits per heavy atom. The second-order valence-electron chi connectivity index (χ2n) is 4.85. The Kier molecular flexibility index (Phi) is 4.74. The highest BCUT2D eigenvalue weighted by molar-refractivity contribution is 5.31. The van der Waals surface area contributed by atoms with Crippen molar-refractivity contribution in [3.8, 4) is 5.75 Å². The van der Waals surface area contributed by atoms with Gasteiger partial charge < -0.3 is 10.5 Å². The van der Waals surface area contributed by atoms with Crippen LogP contribution in [0.25, 0.3) is 0 Å². The molecule has 0 spiro atoms. The zero-order chi connectivity index (χ0) is 14.5. The van der Waals surface area contributed by atoms with E-state index in [1.807, 2.05) is 6.20 Å². The van der Waals surface area contributed by atoms with Crippen LogP contribution < -0.4 is 10.5 Å². The van der Waals surface area contributed by atoms with E-state index >= 15 is 0 Å². The van der Waals surface area contributed by atoms with Gasteiger partial charge >= 0.3 is 0 Å². The first kappa shape index (κ1) is 14.5. The number of halogens is 1. The first-order valence-corrected chi connectivity index (χ1v) is 6.72. The summed E-state index contributed by atoms with van der Waals surface area (Å²) in [6.45, 7) is 2.44. The van der Waals surface area contributed by atoms with Crippen molar-refractivity contribution in [1.29, 1.82) is 0 Å². The fourth-order valence-corrected chi connectivity index (χ4v) is 2.06. The van der Waals surface area contributed by atoms with Gasteiger partial charge in [0.15, 0.2) is 11.6 Å². The third-order valence-corrected chi connectivity index (χ3v) is 3.30. The van der Waals surface area contributed by atoms with Crippen molar-refractivity contribution in [2.24, 2.45) is 5.73 Å². The first-order chi connectivity index (χ1) is 9.63. The number of ether oxygens (including phenoxy) is 1. The lowest BCUT2D eigenvalue weighted by Gasteiger charge is -2.07. The molecule has 2 N–H and O–H groups in total. The Labute approximate surface area is 118 Å². The Bertz CT molecular complexity index is 568. The van der Waals surface area contributed by atoms with Crippen molar-refractivity contribution in [3.05, 3.63) is 47.5 Å². The van der Waals surface area contributed by atoms with Crippen LogP contribution in [0.4, 0.5) is 4.39 Å². The number of aromatic nitrogens is 2. The SMILES string of the molecule is CCC(N)Cc1cnn(Cc2cccc(OC)c2F)c1. The number of methoxy groups -OCH3 is 1. The molecule has 2 rings (SSSR count). The van der Waals surface area contributed by atoms with Crippen LogP contribution in [-0.2, 0) is 13.0 Å². The molecular weight excluding hydrogens is 257 g/mol. The fourth-order valence-electron chi connectivity index (χ4n) is 2.06. The molecule has 5 heteroatoms. The topological polar surface area (TPSA) is 53.1 Å². The summed E-state index contributed by atoms with van der Waals surface area (Å²) in [7, 11) is 1.46. The molecular formula is C15H20FN3O. The Morgan fingerprint density at radius 3 is 2.95 bits per heavy atom. The van der Waals surface area contributed by atoms with Gasteiger partial charge in [-0.15, -0.1) is 0 Å². The number of nitrogens with two attached hydrogens (primary N) is 1. The van der Waals surface area contributed by atoms with Crippen LogP contribution in [0.3, 0.4) is 0 Å². The van der Waals surface area contributed by atoms with Crippen LogP contribution in [0.15, 0.2) is 30.6 Å². The lowest BCUT2D eigenvalue weighted by Crippen LogP contribution is -2.21. The van der Waals surface area contributed by atoms with Crippen molar-refractivity contribution in [2.45, 2.75) is 32.4 Å². The maximum absolute atomic E-state index is 14.0. The molecule has 0 fully saturated rings. The average molecular weight is 277 g/mol. The van der Waals surface area contributed by atoms with E-state index < -0.39 is 0 Å². The maximum atomic E-state index is 14.0. The van der Waals surface area contributed by atoms with E-state index in [4.69, 9.17) is 10.5 Å². The highest BCUT2D eigenvalue weighted by Crippen LogP contribution is 2.20. The zero-order valence-corrected chi connectivity index (χ0v) is 11.8. The summed E-state index contributed by atoms with van der Waals surface area (Å²) < 4.78 is 20.7. The van der Waals surface area contributed by atoms with E-state index in [-0.39, 0.29) is 17.6 Å². The van der Waals surface area contributed by atoms with Crippen LogP contribution in [0.5, 0.6) is 5.75 Å². The summed E-state index contributed by atoms with van der Waals surface area (Å²) in [6, 6.07) is 5.25. The molecule has 1 aromatic carbocycles. The Morgan fingerprint density at radius 2 is 2.25 bits per heavy atom. The fraction of sp³-hybridized carbons (Fsp3) is 0.400. The minimum Gasteiger partial charge on any atom is -0.494 e. The average Bonchev–Trinajstić information content (AvgIpc) is 2.88. The molecule has 1 heterocycles. The molecule has 0 saturated heterocycles. The van der Waals surface area contributed by atoms with Gasteiger partial charge in [0.25, 0.3) is 0 Å². The molecule has 0 bridgehead atoms. The monoisotopic (exact) mass is 277 g/mol. The van der Waals surface area contributed by atoms with Crippen molar-refractivity contribution in [1.82, 2.24) is 9.78 Å². The van der Waals surface area contributed by atoms with Gasteiger partial charge in [0.1, 0.15) is 0 Å². The molecule has 2 aromatic rings. The summed E-state index contributed by atoms with van der Waals surface area (Å²) in [6.07, 6.45) is 5.41. The van der Waals surface area contributed by atoms with E-state index in [0.717, 1.165) is 18.4 Å². The standard InChI is InChI=1S/C15H20FN3O/c1-3-13(17)7-11-8-18-19(9-11)10-12-5-4-6-14(20-2)15(12)16/h4-6,8-9,13H,3,7,10,17H2,1-2H3. The zero-order valence-electron chi connectivity index (χ0n) is 11.8. The summed E-state index contributed by atoms with van der Waals surface area (Å²) in [5.74, 6) is -0.0832. The Balaban J connectivity index is 2.11. The molecule has 0 amide bonds. The minimum absolute atomic E-state index is 0.140. The summed E-state index contributed by atoms with van der Waals surface area (Å²) in [5.41, 5.74) is 7.54. The maximum Gasteiger partial charge on any atom is 0.170 e. The van der Waals surface area contributed by atoms with Gasteiger partial charge in [0.05, 0.1) is 19.9 Å². The van der Waals surface area contributed by atoms with Gasteiger partial charge in [0.2, 0.25) is 0 Å². The highest BCUT2D eigenvalue weighted by Gasteiger charge is 2.10. The Hall–Kier alpha value is -1.88. The molecule has 1 aromatic heterocycles. The first-order valence-electron chi connectivity index (χ1n) is 6.72. The van der Waals surface area contributed by atoms with Crippen molar-refractivity contribution >= 4 is 0 Å². The molecule has 0 radical (unpaired) electrons. The third kappa shape index (κ3) is 3.36. The van der Waals surface area contributed by atoms with Gasteiger partial charge in [-0.1, -0.05) is 19.1 Å². The van der Waals surface area contributed by atoms with Crippen molar-refractivity contribution in [2.75, 3.05) is 7.11 Å². The lowest BCUT2D eigenvalue weighted by molar-refractivity contribution is 0.383. The van der Waals surface area contributed by atoms with E-state index in [0.29, 0.717) is 12.1 Å². The second-order valence-corrected chi connectivity index (χ2v) is 4.85. The van der Waals surface area contributed by atoms with Gasteiger partial charge in [-0.05, 0) is 24.5 Å². The van der Waals surface area contributed by atoms with Crippen LogP contribution in [0.1, 0.15) is 24.5 Å². The van der Waals surface area contributed by atoms with E-state index in [1.165, 1.54) is 7.11 Å². The summed E-state index contributed by atoms with van der Waals surface area (Å²) in [5, 5.41) is 4.25. The smallest absolute Gasteiger partial charge is 0.170 e. The quantitative estimate of drug-likeness (QED) is 0.882. The van der Waals surface area contributed by atoms with Crippen molar-refractivity contribution < 1.29 is 9.13 Å². The van der Waals surface area contributed by atoms with Crippen LogP contribution >= 0.6 is 0 Å². The van der Waals surface area contributed by atoms with Gasteiger partial charge in [-0.3, -0.25) is 4.68 Å². The summed E-state index contributed by atoms with van der Waals surface area (Å²) >= 11 is 0. The molecule has 20 heavy (non-hydrogen) atoms. The van der Waals surface area contributed by atoms with Gasteiger partial charge in [-0.2, -0.15) is 5.10 Å². The molecule has 1 unspecified atom stereocenters. The van der Waals surface area contributed by atoms with E-state index in [9.17, 15) is 4.39 Å². The second kappa shape index (κ2) is 6.52. The molecule has 108 valence electrons. The van der Waals surface area contributed by atoms with Crippen molar-refractivity contribution in [3.63, 3.8) is 0 Å². The number of hydrogen-bond donors (Lipinski definition) is 1. The largest absolute Gasteiger partial charge is 0.494 e. The van der Waals surface area contributed by atoms with Crippen LogP contribution in [0.2, 0.25) is 0 Å². The number of nitrogens with zero attached hydrogens (tertiary/aromatic N) is 2. The van der Waals surface area contributed by atoms with E-state index in [2.05, 4.69) is 12.0 Å². The van der Waals surface area contributed by atoms with Crippen LogP contribution in [-0.4, -0.2) is 22.9 Å². The third-order valence-electron chi connectivity index (χ3n) is 3.30. The normalized spacial score (nSPS) is 12.4. The molecule has 4 nitrogen and oxygen atoms in total. The predicted molar refractivity (Wildman–Crippen MR) is 76.3 cm³/mol.